The topological polar surface area (TPSA) is 58.6 Å². The van der Waals surface area contributed by atoms with E-state index in [0.29, 0.717) is 24.5 Å². The first kappa shape index (κ1) is 17.1. The molecule has 5 heteroatoms. The Balaban J connectivity index is 1.55. The number of rotatable bonds is 4. The summed E-state index contributed by atoms with van der Waals surface area (Å²) in [5.74, 6) is 0.583. The second kappa shape index (κ2) is 7.11. The zero-order valence-electron chi connectivity index (χ0n) is 15.1. The SMILES string of the molecule is CC(=O)c1ccc2c(c1)N(CC(=O)Nc1cccc3ccccc13)CCO2. The van der Waals surface area contributed by atoms with E-state index in [-0.39, 0.29) is 18.2 Å². The first-order valence-electron chi connectivity index (χ1n) is 8.92. The van der Waals surface area contributed by atoms with Crippen LogP contribution >= 0.6 is 0 Å². The van der Waals surface area contributed by atoms with Crippen LogP contribution in [0, 0.1) is 0 Å². The molecule has 0 unspecified atom stereocenters. The van der Waals surface area contributed by atoms with Crippen LogP contribution in [0.3, 0.4) is 0 Å². The van der Waals surface area contributed by atoms with Crippen LogP contribution in [-0.2, 0) is 4.79 Å². The number of fused-ring (bicyclic) bond motifs is 2. The van der Waals surface area contributed by atoms with E-state index in [0.717, 1.165) is 22.1 Å². The standard InChI is InChI=1S/C22H20N2O3/c1-15(25)17-9-10-21-20(13-17)24(11-12-27-21)14-22(26)23-19-8-4-6-16-5-2-3-7-18(16)19/h2-10,13H,11-12,14H2,1H3,(H,23,26). The molecule has 1 aliphatic heterocycles. The molecule has 0 aliphatic carbocycles. The molecule has 0 fully saturated rings. The Morgan fingerprint density at radius 3 is 2.74 bits per heavy atom. The average molecular weight is 360 g/mol. The Morgan fingerprint density at radius 2 is 1.89 bits per heavy atom. The number of carbonyl (C=O) groups excluding carboxylic acids is 2. The summed E-state index contributed by atoms with van der Waals surface area (Å²) in [5.41, 5.74) is 2.19. The van der Waals surface area contributed by atoms with E-state index < -0.39 is 0 Å². The maximum atomic E-state index is 12.7. The van der Waals surface area contributed by atoms with E-state index >= 15 is 0 Å². The lowest BCUT2D eigenvalue weighted by atomic mass is 10.1. The number of nitrogens with zero attached hydrogens (tertiary/aromatic N) is 1. The van der Waals surface area contributed by atoms with Gasteiger partial charge in [-0.1, -0.05) is 36.4 Å². The molecule has 0 saturated heterocycles. The molecule has 5 nitrogen and oxygen atoms in total. The maximum Gasteiger partial charge on any atom is 0.243 e. The van der Waals surface area contributed by atoms with Crippen LogP contribution in [0.5, 0.6) is 5.75 Å². The Hall–Kier alpha value is -3.34. The van der Waals surface area contributed by atoms with Crippen LogP contribution in [0.4, 0.5) is 11.4 Å². The van der Waals surface area contributed by atoms with E-state index in [1.54, 1.807) is 18.2 Å². The lowest BCUT2D eigenvalue weighted by Gasteiger charge is -2.31. The largest absolute Gasteiger partial charge is 0.490 e. The van der Waals surface area contributed by atoms with Crippen molar-refractivity contribution >= 4 is 33.8 Å². The molecule has 0 radical (unpaired) electrons. The van der Waals surface area contributed by atoms with Gasteiger partial charge in [-0.15, -0.1) is 0 Å². The molecule has 1 heterocycles. The highest BCUT2D eigenvalue weighted by Gasteiger charge is 2.21. The number of nitrogens with one attached hydrogen (secondary N) is 1. The summed E-state index contributed by atoms with van der Waals surface area (Å²) in [6.45, 7) is 2.83. The number of amides is 1. The molecular weight excluding hydrogens is 340 g/mol. The van der Waals surface area contributed by atoms with E-state index in [4.69, 9.17) is 4.74 Å². The minimum Gasteiger partial charge on any atom is -0.490 e. The van der Waals surface area contributed by atoms with Gasteiger partial charge in [0.1, 0.15) is 12.4 Å². The van der Waals surface area contributed by atoms with Crippen LogP contribution < -0.4 is 15.0 Å². The summed E-state index contributed by atoms with van der Waals surface area (Å²) >= 11 is 0. The van der Waals surface area contributed by atoms with Gasteiger partial charge in [0.15, 0.2) is 5.78 Å². The molecule has 0 aromatic heterocycles. The van der Waals surface area contributed by atoms with Gasteiger partial charge in [0.25, 0.3) is 0 Å². The molecule has 0 spiro atoms. The van der Waals surface area contributed by atoms with Crippen molar-refractivity contribution < 1.29 is 14.3 Å². The van der Waals surface area contributed by atoms with Crippen molar-refractivity contribution in [3.8, 4) is 5.75 Å². The van der Waals surface area contributed by atoms with Crippen molar-refractivity contribution in [1.82, 2.24) is 0 Å². The predicted octanol–water partition coefficient (Wildman–Crippen LogP) is 3.88. The molecule has 3 aromatic carbocycles. The van der Waals surface area contributed by atoms with Crippen LogP contribution in [0.15, 0.2) is 60.7 Å². The summed E-state index contributed by atoms with van der Waals surface area (Å²) in [7, 11) is 0. The van der Waals surface area contributed by atoms with E-state index in [1.165, 1.54) is 6.92 Å². The van der Waals surface area contributed by atoms with E-state index in [9.17, 15) is 9.59 Å². The third-order valence-electron chi connectivity index (χ3n) is 4.72. The quantitative estimate of drug-likeness (QED) is 0.718. The molecule has 1 aliphatic rings. The van der Waals surface area contributed by atoms with Gasteiger partial charge in [-0.25, -0.2) is 0 Å². The van der Waals surface area contributed by atoms with Gasteiger partial charge < -0.3 is 15.0 Å². The number of ether oxygens (including phenoxy) is 1. The first-order valence-corrected chi connectivity index (χ1v) is 8.92. The highest BCUT2D eigenvalue weighted by atomic mass is 16.5. The minimum absolute atomic E-state index is 0.0106. The number of Topliss-reactive ketones (excluding diaryl/α,β-unsaturated/α-hetero) is 1. The van der Waals surface area contributed by atoms with E-state index in [2.05, 4.69) is 5.32 Å². The molecular formula is C22H20N2O3. The van der Waals surface area contributed by atoms with Crippen molar-refractivity contribution in [2.75, 3.05) is 29.9 Å². The average Bonchev–Trinajstić information content (AvgIpc) is 2.68. The fraction of sp³-hybridized carbons (Fsp3) is 0.182. The summed E-state index contributed by atoms with van der Waals surface area (Å²) in [6, 6.07) is 19.1. The van der Waals surface area contributed by atoms with Gasteiger partial charge in [-0.05, 0) is 36.6 Å². The third-order valence-corrected chi connectivity index (χ3v) is 4.72. The van der Waals surface area contributed by atoms with Gasteiger partial charge in [-0.3, -0.25) is 9.59 Å². The fourth-order valence-corrected chi connectivity index (χ4v) is 3.35. The number of anilines is 2. The highest BCUT2D eigenvalue weighted by molar-refractivity contribution is 6.03. The number of benzene rings is 3. The summed E-state index contributed by atoms with van der Waals surface area (Å²) in [5, 5.41) is 5.10. The van der Waals surface area contributed by atoms with E-state index in [1.807, 2.05) is 47.4 Å². The van der Waals surface area contributed by atoms with Gasteiger partial charge in [0.2, 0.25) is 5.91 Å². The molecule has 0 atom stereocenters. The molecule has 0 bridgehead atoms. The van der Waals surface area contributed by atoms with Crippen molar-refractivity contribution in [3.63, 3.8) is 0 Å². The summed E-state index contributed by atoms with van der Waals surface area (Å²) in [6.07, 6.45) is 0. The van der Waals surface area contributed by atoms with Crippen molar-refractivity contribution in [2.45, 2.75) is 6.92 Å². The van der Waals surface area contributed by atoms with Crippen LogP contribution in [0.2, 0.25) is 0 Å². The maximum absolute atomic E-state index is 12.7. The molecule has 3 aromatic rings. The molecule has 27 heavy (non-hydrogen) atoms. The lowest BCUT2D eigenvalue weighted by Crippen LogP contribution is -2.39. The molecule has 0 saturated carbocycles. The van der Waals surface area contributed by atoms with Crippen molar-refractivity contribution in [2.24, 2.45) is 0 Å². The predicted molar refractivity (Wildman–Crippen MR) is 107 cm³/mol. The van der Waals surface area contributed by atoms with Crippen LogP contribution in [0.25, 0.3) is 10.8 Å². The van der Waals surface area contributed by atoms with Gasteiger partial charge in [0, 0.05) is 16.6 Å². The Labute approximate surface area is 157 Å². The monoisotopic (exact) mass is 360 g/mol. The number of ketones is 1. The molecule has 4 rings (SSSR count). The Kier molecular flexibility index (Phi) is 4.50. The minimum atomic E-state index is -0.104. The zero-order valence-corrected chi connectivity index (χ0v) is 15.1. The first-order chi connectivity index (χ1) is 13.1. The number of hydrogen-bond acceptors (Lipinski definition) is 4. The summed E-state index contributed by atoms with van der Waals surface area (Å²) < 4.78 is 5.66. The third kappa shape index (κ3) is 3.49. The molecule has 1 N–H and O–H groups in total. The second-order valence-electron chi connectivity index (χ2n) is 6.58. The molecule has 136 valence electrons. The Morgan fingerprint density at radius 1 is 1.07 bits per heavy atom. The van der Waals surface area contributed by atoms with Crippen molar-refractivity contribution in [3.05, 3.63) is 66.2 Å². The number of carbonyl (C=O) groups is 2. The smallest absolute Gasteiger partial charge is 0.243 e. The van der Waals surface area contributed by atoms with Gasteiger partial charge >= 0.3 is 0 Å². The zero-order chi connectivity index (χ0) is 18.8. The number of hydrogen-bond donors (Lipinski definition) is 1. The van der Waals surface area contributed by atoms with Crippen LogP contribution in [0.1, 0.15) is 17.3 Å². The van der Waals surface area contributed by atoms with Crippen LogP contribution in [-0.4, -0.2) is 31.4 Å². The summed E-state index contributed by atoms with van der Waals surface area (Å²) in [4.78, 5) is 26.3. The normalized spacial score (nSPS) is 13.0. The van der Waals surface area contributed by atoms with Gasteiger partial charge in [-0.2, -0.15) is 0 Å². The second-order valence-corrected chi connectivity index (χ2v) is 6.58. The van der Waals surface area contributed by atoms with Gasteiger partial charge in [0.05, 0.1) is 18.8 Å². The molecule has 1 amide bonds. The Bertz CT molecular complexity index is 1020. The fourth-order valence-electron chi connectivity index (χ4n) is 3.35. The lowest BCUT2D eigenvalue weighted by molar-refractivity contribution is -0.115. The van der Waals surface area contributed by atoms with Crippen molar-refractivity contribution in [1.29, 1.82) is 0 Å². The highest BCUT2D eigenvalue weighted by Crippen LogP contribution is 2.32.